The summed E-state index contributed by atoms with van der Waals surface area (Å²) in [6, 6.07) is 0. The lowest BCUT2D eigenvalue weighted by Gasteiger charge is -2.29. The summed E-state index contributed by atoms with van der Waals surface area (Å²) >= 11 is 1.65. The number of ether oxygens (including phenoxy) is 2. The summed E-state index contributed by atoms with van der Waals surface area (Å²) in [5, 5.41) is 6.51. The molecule has 0 saturated carbocycles. The molecule has 2 unspecified atom stereocenters. The summed E-state index contributed by atoms with van der Waals surface area (Å²) in [6.07, 6.45) is 0.0389. The van der Waals surface area contributed by atoms with Gasteiger partial charge < -0.3 is 19.7 Å². The molecule has 0 amide bonds. The zero-order valence-corrected chi connectivity index (χ0v) is 18.2. The zero-order chi connectivity index (χ0) is 19.6. The van der Waals surface area contributed by atoms with Gasteiger partial charge in [0.25, 0.3) is 0 Å². The van der Waals surface area contributed by atoms with E-state index < -0.39 is 0 Å². The van der Waals surface area contributed by atoms with E-state index in [1.807, 2.05) is 6.92 Å². The number of thiazole rings is 1. The Hall–Kier alpha value is -1.22. The van der Waals surface area contributed by atoms with E-state index in [-0.39, 0.29) is 6.10 Å². The van der Waals surface area contributed by atoms with Crippen LogP contribution in [0.4, 0.5) is 0 Å². The molecule has 1 fully saturated rings. The number of guanidine groups is 1. The fraction of sp³-hybridized carbons (Fsp3) is 0.789. The maximum atomic E-state index is 5.42. The molecule has 0 spiro atoms. The molecular formula is C19H35N5O2S. The van der Waals surface area contributed by atoms with Gasteiger partial charge >= 0.3 is 0 Å². The topological polar surface area (TPSA) is 62.2 Å². The minimum atomic E-state index is 0.0389. The van der Waals surface area contributed by atoms with Crippen molar-refractivity contribution in [3.63, 3.8) is 0 Å². The van der Waals surface area contributed by atoms with E-state index in [4.69, 9.17) is 14.5 Å². The van der Waals surface area contributed by atoms with Crippen LogP contribution in [0.1, 0.15) is 37.6 Å². The van der Waals surface area contributed by atoms with Crippen LogP contribution in [0.25, 0.3) is 0 Å². The number of hydrogen-bond acceptors (Lipinski definition) is 6. The van der Waals surface area contributed by atoms with Gasteiger partial charge in [0.05, 0.1) is 25.5 Å². The Morgan fingerprint density at radius 2 is 2.19 bits per heavy atom. The third kappa shape index (κ3) is 7.37. The number of aromatic nitrogens is 1. The average molecular weight is 398 g/mol. The van der Waals surface area contributed by atoms with Crippen LogP contribution in [0.15, 0.2) is 10.4 Å². The molecule has 1 aromatic rings. The summed E-state index contributed by atoms with van der Waals surface area (Å²) in [5.74, 6) is 1.44. The smallest absolute Gasteiger partial charge is 0.194 e. The van der Waals surface area contributed by atoms with E-state index in [0.717, 1.165) is 69.1 Å². The monoisotopic (exact) mass is 397 g/mol. The third-order valence-electron chi connectivity index (χ3n) is 4.59. The van der Waals surface area contributed by atoms with Crippen LogP contribution in [0.5, 0.6) is 0 Å². The first-order valence-electron chi connectivity index (χ1n) is 9.80. The van der Waals surface area contributed by atoms with Crippen LogP contribution in [-0.2, 0) is 16.0 Å². The van der Waals surface area contributed by atoms with Gasteiger partial charge in [-0.2, -0.15) is 0 Å². The SMILES string of the molecule is CCNC(=NCC(C)CN1CCOCC1)N(C)Cc1csc(C(C)OC)n1. The highest BCUT2D eigenvalue weighted by molar-refractivity contribution is 7.09. The van der Waals surface area contributed by atoms with Crippen molar-refractivity contribution >= 4 is 17.3 Å². The summed E-state index contributed by atoms with van der Waals surface area (Å²) in [4.78, 5) is 14.2. The minimum Gasteiger partial charge on any atom is -0.379 e. The molecular weight excluding hydrogens is 362 g/mol. The van der Waals surface area contributed by atoms with Gasteiger partial charge in [0.1, 0.15) is 11.1 Å². The molecule has 1 aliphatic rings. The van der Waals surface area contributed by atoms with Crippen molar-refractivity contribution in [2.24, 2.45) is 10.9 Å². The summed E-state index contributed by atoms with van der Waals surface area (Å²) in [5.41, 5.74) is 1.05. The van der Waals surface area contributed by atoms with Crippen LogP contribution in [0, 0.1) is 5.92 Å². The molecule has 8 heteroatoms. The van der Waals surface area contributed by atoms with Crippen molar-refractivity contribution in [2.75, 3.05) is 60.1 Å². The van der Waals surface area contributed by atoms with Crippen molar-refractivity contribution < 1.29 is 9.47 Å². The average Bonchev–Trinajstić information content (AvgIpc) is 3.13. The molecule has 1 aliphatic heterocycles. The molecule has 2 atom stereocenters. The van der Waals surface area contributed by atoms with Crippen LogP contribution < -0.4 is 5.32 Å². The first-order valence-corrected chi connectivity index (χ1v) is 10.7. The Balaban J connectivity index is 1.89. The normalized spacial score (nSPS) is 18.3. The van der Waals surface area contributed by atoms with Crippen molar-refractivity contribution in [2.45, 2.75) is 33.4 Å². The predicted molar refractivity (Wildman–Crippen MR) is 111 cm³/mol. The number of rotatable bonds is 9. The molecule has 2 heterocycles. The molecule has 7 nitrogen and oxygen atoms in total. The first kappa shape index (κ1) is 22.1. The fourth-order valence-corrected chi connectivity index (χ4v) is 3.84. The van der Waals surface area contributed by atoms with Gasteiger partial charge in [0, 0.05) is 52.3 Å². The van der Waals surface area contributed by atoms with E-state index in [0.29, 0.717) is 5.92 Å². The number of hydrogen-bond donors (Lipinski definition) is 1. The molecule has 1 aromatic heterocycles. The van der Waals surface area contributed by atoms with Crippen molar-refractivity contribution in [3.8, 4) is 0 Å². The highest BCUT2D eigenvalue weighted by Crippen LogP contribution is 2.20. The number of morpholine rings is 1. The summed E-state index contributed by atoms with van der Waals surface area (Å²) in [7, 11) is 3.78. The Morgan fingerprint density at radius 3 is 2.85 bits per heavy atom. The first-order chi connectivity index (χ1) is 13.0. The predicted octanol–water partition coefficient (Wildman–Crippen LogP) is 2.22. The van der Waals surface area contributed by atoms with E-state index in [9.17, 15) is 0 Å². The largest absolute Gasteiger partial charge is 0.379 e. The van der Waals surface area contributed by atoms with Gasteiger partial charge in [-0.15, -0.1) is 11.3 Å². The van der Waals surface area contributed by atoms with E-state index in [1.165, 1.54) is 0 Å². The summed E-state index contributed by atoms with van der Waals surface area (Å²) < 4.78 is 10.8. The van der Waals surface area contributed by atoms with Crippen molar-refractivity contribution in [3.05, 3.63) is 16.1 Å². The minimum absolute atomic E-state index is 0.0389. The molecule has 154 valence electrons. The molecule has 27 heavy (non-hydrogen) atoms. The highest BCUT2D eigenvalue weighted by Gasteiger charge is 2.15. The zero-order valence-electron chi connectivity index (χ0n) is 17.4. The standard InChI is InChI=1S/C19H35N5O2S/c1-6-20-19(21-11-15(2)12-24-7-9-26-10-8-24)23(4)13-17-14-27-18(22-17)16(3)25-5/h14-16H,6-13H2,1-5H3,(H,20,21). The van der Waals surface area contributed by atoms with Crippen molar-refractivity contribution in [1.29, 1.82) is 0 Å². The second-order valence-corrected chi connectivity index (χ2v) is 8.01. The fourth-order valence-electron chi connectivity index (χ4n) is 2.99. The van der Waals surface area contributed by atoms with Crippen LogP contribution in [-0.4, -0.2) is 80.8 Å². The van der Waals surface area contributed by atoms with Crippen molar-refractivity contribution in [1.82, 2.24) is 20.1 Å². The Kier molecular flexibility index (Phi) is 9.47. The molecule has 0 aromatic carbocycles. The molecule has 0 radical (unpaired) electrons. The van der Waals surface area contributed by atoms with Crippen LogP contribution in [0.2, 0.25) is 0 Å². The van der Waals surface area contributed by atoms with Gasteiger partial charge in [-0.05, 0) is 19.8 Å². The number of nitrogens with zero attached hydrogens (tertiary/aromatic N) is 4. The Morgan fingerprint density at radius 1 is 1.44 bits per heavy atom. The molecule has 1 saturated heterocycles. The van der Waals surface area contributed by atoms with E-state index in [2.05, 4.69) is 46.4 Å². The lowest BCUT2D eigenvalue weighted by Crippen LogP contribution is -2.40. The van der Waals surface area contributed by atoms with Gasteiger partial charge in [-0.25, -0.2) is 4.98 Å². The number of nitrogens with one attached hydrogen (secondary N) is 1. The van der Waals surface area contributed by atoms with Crippen LogP contribution >= 0.6 is 11.3 Å². The maximum absolute atomic E-state index is 5.42. The second-order valence-electron chi connectivity index (χ2n) is 7.12. The molecule has 0 bridgehead atoms. The quantitative estimate of drug-likeness (QED) is 0.509. The summed E-state index contributed by atoms with van der Waals surface area (Å²) in [6.45, 7) is 13.6. The van der Waals surface area contributed by atoms with E-state index >= 15 is 0 Å². The van der Waals surface area contributed by atoms with Crippen LogP contribution in [0.3, 0.4) is 0 Å². The lowest BCUT2D eigenvalue weighted by molar-refractivity contribution is 0.0323. The highest BCUT2D eigenvalue weighted by atomic mass is 32.1. The molecule has 2 rings (SSSR count). The number of aliphatic imine (C=N–C) groups is 1. The molecule has 1 N–H and O–H groups in total. The van der Waals surface area contributed by atoms with Gasteiger partial charge in [0.2, 0.25) is 0 Å². The lowest BCUT2D eigenvalue weighted by atomic mass is 10.1. The number of methoxy groups -OCH3 is 1. The third-order valence-corrected chi connectivity index (χ3v) is 5.65. The Labute approximate surface area is 167 Å². The maximum Gasteiger partial charge on any atom is 0.194 e. The molecule has 0 aliphatic carbocycles. The Bertz CT molecular complexity index is 574. The van der Waals surface area contributed by atoms with Gasteiger partial charge in [-0.3, -0.25) is 9.89 Å². The van der Waals surface area contributed by atoms with Gasteiger partial charge in [-0.1, -0.05) is 6.92 Å². The van der Waals surface area contributed by atoms with E-state index in [1.54, 1.807) is 18.4 Å². The van der Waals surface area contributed by atoms with Gasteiger partial charge in [0.15, 0.2) is 5.96 Å². The second kappa shape index (κ2) is 11.6.